The zero-order chi connectivity index (χ0) is 19.1. The average molecular weight is 364 g/mol. The van der Waals surface area contributed by atoms with E-state index >= 15 is 0 Å². The Bertz CT molecular complexity index is 725. The summed E-state index contributed by atoms with van der Waals surface area (Å²) in [6.07, 6.45) is 1.53. The largest absolute Gasteiger partial charge is 0.465 e. The number of esters is 1. The van der Waals surface area contributed by atoms with Gasteiger partial charge >= 0.3 is 12.1 Å². The molecule has 0 unspecified atom stereocenters. The fourth-order valence-electron chi connectivity index (χ4n) is 3.35. The summed E-state index contributed by atoms with van der Waals surface area (Å²) in [5.41, 5.74) is -0.148. The van der Waals surface area contributed by atoms with Gasteiger partial charge in [-0.1, -0.05) is 0 Å². The van der Waals surface area contributed by atoms with Crippen LogP contribution in [0, 0.1) is 5.82 Å². The fourth-order valence-corrected chi connectivity index (χ4v) is 3.35. The molecule has 2 aliphatic rings. The van der Waals surface area contributed by atoms with E-state index in [1.807, 2.05) is 25.7 Å². The topological polar surface area (TPSA) is 59.1 Å². The molecule has 0 bridgehead atoms. The predicted octanol–water partition coefficient (Wildman–Crippen LogP) is 3.20. The summed E-state index contributed by atoms with van der Waals surface area (Å²) < 4.78 is 24.3. The quantitative estimate of drug-likeness (QED) is 0.754. The highest BCUT2D eigenvalue weighted by Crippen LogP contribution is 2.45. The minimum atomic E-state index is -0.692. The summed E-state index contributed by atoms with van der Waals surface area (Å²) in [5.74, 6) is -1.30. The number of halogens is 1. The van der Waals surface area contributed by atoms with Gasteiger partial charge in [-0.25, -0.2) is 14.0 Å². The average Bonchev–Trinajstić information content (AvgIpc) is 3.31. The smallest absolute Gasteiger partial charge is 0.410 e. The molecule has 0 N–H and O–H groups in total. The lowest BCUT2D eigenvalue weighted by atomic mass is 10.1. The van der Waals surface area contributed by atoms with Crippen LogP contribution in [0.4, 0.5) is 14.9 Å². The number of methoxy groups -OCH3 is 1. The first-order valence-electron chi connectivity index (χ1n) is 8.79. The molecule has 1 aliphatic heterocycles. The van der Waals surface area contributed by atoms with Crippen molar-refractivity contribution in [2.75, 3.05) is 31.6 Å². The van der Waals surface area contributed by atoms with E-state index in [2.05, 4.69) is 9.64 Å². The van der Waals surface area contributed by atoms with Crippen LogP contribution in [-0.4, -0.2) is 54.8 Å². The van der Waals surface area contributed by atoms with E-state index in [0.29, 0.717) is 25.3 Å². The lowest BCUT2D eigenvalue weighted by Crippen LogP contribution is -2.58. The number of piperazine rings is 1. The van der Waals surface area contributed by atoms with Crippen molar-refractivity contribution in [3.63, 3.8) is 0 Å². The number of ether oxygens (including phenoxy) is 2. The number of benzene rings is 1. The molecule has 1 aromatic rings. The Kier molecular flexibility index (Phi) is 4.58. The Labute approximate surface area is 152 Å². The molecule has 3 rings (SSSR count). The Morgan fingerprint density at radius 3 is 2.42 bits per heavy atom. The summed E-state index contributed by atoms with van der Waals surface area (Å²) in [6, 6.07) is 4.51. The number of hydrogen-bond donors (Lipinski definition) is 0. The van der Waals surface area contributed by atoms with E-state index in [4.69, 9.17) is 4.74 Å². The van der Waals surface area contributed by atoms with Crippen LogP contribution in [0.25, 0.3) is 0 Å². The molecular formula is C19H25FN2O4. The molecule has 1 amide bonds. The Morgan fingerprint density at radius 2 is 1.88 bits per heavy atom. The van der Waals surface area contributed by atoms with Crippen LogP contribution in [0.5, 0.6) is 0 Å². The zero-order valence-electron chi connectivity index (χ0n) is 15.7. The second-order valence-corrected chi connectivity index (χ2v) is 7.93. The minimum Gasteiger partial charge on any atom is -0.465 e. The van der Waals surface area contributed by atoms with Crippen molar-refractivity contribution in [2.24, 2.45) is 0 Å². The summed E-state index contributed by atoms with van der Waals surface area (Å²) in [6.45, 7) is 7.29. The van der Waals surface area contributed by atoms with Crippen LogP contribution in [0.2, 0.25) is 0 Å². The van der Waals surface area contributed by atoms with Gasteiger partial charge in [-0.15, -0.1) is 0 Å². The number of carbonyl (C=O) groups is 2. The number of anilines is 1. The van der Waals surface area contributed by atoms with Crippen molar-refractivity contribution in [3.05, 3.63) is 29.6 Å². The Morgan fingerprint density at radius 1 is 1.19 bits per heavy atom. The molecule has 2 fully saturated rings. The van der Waals surface area contributed by atoms with Gasteiger partial charge < -0.3 is 14.4 Å². The molecule has 142 valence electrons. The van der Waals surface area contributed by atoms with Crippen LogP contribution < -0.4 is 4.90 Å². The van der Waals surface area contributed by atoms with Gasteiger partial charge in [0, 0.05) is 25.3 Å². The van der Waals surface area contributed by atoms with Gasteiger partial charge in [0.1, 0.15) is 11.4 Å². The molecule has 1 saturated heterocycles. The van der Waals surface area contributed by atoms with Crippen LogP contribution in [-0.2, 0) is 9.47 Å². The second kappa shape index (κ2) is 6.45. The van der Waals surface area contributed by atoms with Gasteiger partial charge in [0.2, 0.25) is 0 Å². The van der Waals surface area contributed by atoms with E-state index < -0.39 is 17.4 Å². The normalized spacial score (nSPS) is 18.7. The number of carbonyl (C=O) groups excluding carboxylic acids is 2. The van der Waals surface area contributed by atoms with Gasteiger partial charge in [0.05, 0.1) is 18.2 Å². The van der Waals surface area contributed by atoms with Crippen molar-refractivity contribution >= 4 is 17.7 Å². The van der Waals surface area contributed by atoms with Crippen molar-refractivity contribution in [2.45, 2.75) is 44.8 Å². The predicted molar refractivity (Wildman–Crippen MR) is 94.9 cm³/mol. The maximum atomic E-state index is 14.2. The summed E-state index contributed by atoms with van der Waals surface area (Å²) >= 11 is 0. The third kappa shape index (κ3) is 3.61. The van der Waals surface area contributed by atoms with E-state index in [1.54, 1.807) is 6.07 Å². The highest BCUT2D eigenvalue weighted by Gasteiger charge is 2.54. The van der Waals surface area contributed by atoms with Crippen molar-refractivity contribution < 1.29 is 23.5 Å². The van der Waals surface area contributed by atoms with Gasteiger partial charge in [-0.3, -0.25) is 4.90 Å². The lowest BCUT2D eigenvalue weighted by molar-refractivity contribution is 0.0106. The third-order valence-electron chi connectivity index (χ3n) is 4.82. The number of amides is 1. The lowest BCUT2D eigenvalue weighted by Gasteiger charge is -2.43. The molecule has 7 heteroatoms. The van der Waals surface area contributed by atoms with Crippen LogP contribution >= 0.6 is 0 Å². The first-order chi connectivity index (χ1) is 12.1. The highest BCUT2D eigenvalue weighted by atomic mass is 19.1. The maximum Gasteiger partial charge on any atom is 0.410 e. The number of rotatable bonds is 2. The van der Waals surface area contributed by atoms with E-state index in [-0.39, 0.29) is 17.2 Å². The second-order valence-electron chi connectivity index (χ2n) is 7.93. The molecule has 26 heavy (non-hydrogen) atoms. The standard InChI is InChI=1S/C19H25FN2O4/c1-18(2,3)26-17(24)22-10-9-21(12-19(22)7-8-19)13-5-6-14(15(20)11-13)16(23)25-4/h5-6,11H,7-10,12H2,1-4H3. The minimum absolute atomic E-state index is 0.0789. The van der Waals surface area contributed by atoms with E-state index in [9.17, 15) is 14.0 Å². The summed E-state index contributed by atoms with van der Waals surface area (Å²) in [5, 5.41) is 0. The SMILES string of the molecule is COC(=O)c1ccc(N2CCN(C(=O)OC(C)(C)C)C3(CC3)C2)cc1F. The zero-order valence-corrected chi connectivity index (χ0v) is 15.7. The molecule has 1 spiro atoms. The van der Waals surface area contributed by atoms with Crippen LogP contribution in [0.3, 0.4) is 0 Å². The van der Waals surface area contributed by atoms with Gasteiger partial charge in [0.15, 0.2) is 0 Å². The third-order valence-corrected chi connectivity index (χ3v) is 4.82. The molecule has 6 nitrogen and oxygen atoms in total. The first-order valence-corrected chi connectivity index (χ1v) is 8.79. The first kappa shape index (κ1) is 18.5. The molecular weight excluding hydrogens is 339 g/mol. The maximum absolute atomic E-state index is 14.2. The van der Waals surface area contributed by atoms with Crippen molar-refractivity contribution in [3.8, 4) is 0 Å². The number of nitrogens with zero attached hydrogens (tertiary/aromatic N) is 2. The summed E-state index contributed by atoms with van der Waals surface area (Å²) in [4.78, 5) is 27.9. The molecule has 0 atom stereocenters. The van der Waals surface area contributed by atoms with Gasteiger partial charge in [-0.2, -0.15) is 0 Å². The molecule has 1 heterocycles. The van der Waals surface area contributed by atoms with E-state index in [0.717, 1.165) is 12.8 Å². The van der Waals surface area contributed by atoms with Crippen molar-refractivity contribution in [1.29, 1.82) is 0 Å². The van der Waals surface area contributed by atoms with Gasteiger partial charge in [-0.05, 0) is 51.8 Å². The Hall–Kier alpha value is -2.31. The monoisotopic (exact) mass is 364 g/mol. The van der Waals surface area contributed by atoms with Crippen LogP contribution in [0.1, 0.15) is 44.0 Å². The fraction of sp³-hybridized carbons (Fsp3) is 0.579. The summed E-state index contributed by atoms with van der Waals surface area (Å²) in [7, 11) is 1.22. The molecule has 1 saturated carbocycles. The van der Waals surface area contributed by atoms with Crippen molar-refractivity contribution in [1.82, 2.24) is 4.90 Å². The molecule has 0 aromatic heterocycles. The number of hydrogen-bond acceptors (Lipinski definition) is 5. The molecule has 1 aliphatic carbocycles. The molecule has 0 radical (unpaired) electrons. The van der Waals surface area contributed by atoms with Crippen LogP contribution in [0.15, 0.2) is 18.2 Å². The highest BCUT2D eigenvalue weighted by molar-refractivity contribution is 5.90. The van der Waals surface area contributed by atoms with Gasteiger partial charge in [0.25, 0.3) is 0 Å². The molecule has 1 aromatic carbocycles. The Balaban J connectivity index is 1.73. The van der Waals surface area contributed by atoms with E-state index in [1.165, 1.54) is 19.2 Å².